The molecule has 9 heteroatoms. The van der Waals surface area contributed by atoms with Crippen molar-refractivity contribution in [3.63, 3.8) is 0 Å². The maximum Gasteiger partial charge on any atom is 0.333 e. The Morgan fingerprint density at radius 3 is 2.39 bits per heavy atom. The largest absolute Gasteiger partial charge is 0.497 e. The van der Waals surface area contributed by atoms with Crippen molar-refractivity contribution in [1.29, 1.82) is 0 Å². The van der Waals surface area contributed by atoms with Crippen LogP contribution in [-0.2, 0) is 32.1 Å². The molecule has 2 N–H and O–H groups in total. The highest BCUT2D eigenvalue weighted by atomic mass is 32.2. The van der Waals surface area contributed by atoms with Crippen molar-refractivity contribution in [1.82, 2.24) is 10.2 Å². The Morgan fingerprint density at radius 2 is 1.82 bits per heavy atom. The number of amides is 2. The molecule has 33 heavy (non-hydrogen) atoms. The number of hydrogen-bond acceptors (Lipinski definition) is 7. The zero-order valence-corrected chi connectivity index (χ0v) is 19.2. The van der Waals surface area contributed by atoms with Gasteiger partial charge in [0.25, 0.3) is 0 Å². The summed E-state index contributed by atoms with van der Waals surface area (Å²) < 4.78 is 20.3. The van der Waals surface area contributed by atoms with Gasteiger partial charge in [0, 0.05) is 12.0 Å². The predicted octanol–water partition coefficient (Wildman–Crippen LogP) is 2.79. The van der Waals surface area contributed by atoms with Crippen molar-refractivity contribution >= 4 is 29.8 Å². The third-order valence-electron chi connectivity index (χ3n) is 5.22. The number of β-lactam (4-membered cyclic amide) rings is 1. The van der Waals surface area contributed by atoms with Crippen LogP contribution in [0, 0.1) is 0 Å². The summed E-state index contributed by atoms with van der Waals surface area (Å²) in [7, 11) is 1.56. The molecule has 0 spiro atoms. The quantitative estimate of drug-likeness (QED) is 0.238. The van der Waals surface area contributed by atoms with Crippen LogP contribution in [-0.4, -0.2) is 51.8 Å². The van der Waals surface area contributed by atoms with Crippen LogP contribution in [0.4, 0.5) is 0 Å². The maximum absolute atomic E-state index is 12.8. The summed E-state index contributed by atoms with van der Waals surface area (Å²) in [4.78, 5) is 39.2. The minimum Gasteiger partial charge on any atom is -0.497 e. The number of nitrogens with one attached hydrogen (secondary N) is 1. The van der Waals surface area contributed by atoms with Crippen molar-refractivity contribution in [2.45, 2.75) is 37.4 Å². The van der Waals surface area contributed by atoms with E-state index in [1.54, 1.807) is 38.3 Å². The van der Waals surface area contributed by atoms with Gasteiger partial charge in [-0.2, -0.15) is 0 Å². The number of hydrogen-bond donors (Lipinski definition) is 2. The lowest BCUT2D eigenvalue weighted by molar-refractivity contribution is -0.163. The number of carbonyl (C=O) groups is 3. The van der Waals surface area contributed by atoms with Crippen molar-refractivity contribution < 1.29 is 28.4 Å². The molecular weight excluding hydrogens is 444 g/mol. The molecule has 1 aliphatic heterocycles. The van der Waals surface area contributed by atoms with Crippen molar-refractivity contribution in [2.24, 2.45) is 0 Å². The first-order valence-corrected chi connectivity index (χ1v) is 11.1. The molecule has 2 aromatic carbocycles. The molecule has 0 aromatic heterocycles. The highest BCUT2D eigenvalue weighted by molar-refractivity contribution is 7.94. The number of likely N-dealkylation sites (tertiary alicyclic amines) is 1. The fourth-order valence-electron chi connectivity index (χ4n) is 3.52. The molecule has 0 radical (unpaired) electrons. The molecule has 1 aliphatic rings. The van der Waals surface area contributed by atoms with Crippen LogP contribution in [0.25, 0.3) is 0 Å². The normalized spacial score (nSPS) is 18.2. The molecular formula is C24H26N2O6S. The lowest BCUT2D eigenvalue weighted by atomic mass is 9.99. The summed E-state index contributed by atoms with van der Waals surface area (Å²) in [5.41, 5.74) is 1.93. The smallest absolute Gasteiger partial charge is 0.333 e. The van der Waals surface area contributed by atoms with E-state index in [2.05, 4.69) is 11.9 Å². The molecule has 3 atom stereocenters. The van der Waals surface area contributed by atoms with E-state index >= 15 is 0 Å². The standard InChI is InChI=1S/C24H26N2O6S/c1-15(2)21(24(29)32-14-17-9-11-18(31-3)12-10-17)26-22(28)20(23(26)33-30)25-19(27)13-16-7-5-4-6-8-16/h4-12,20-21,23,30H,1,13-14H2,2-3H3,(H,25,27)/t20-,21-,23-/m1/s1. The number of nitrogens with zero attached hydrogens (tertiary/aromatic N) is 1. The molecule has 3 rings (SSSR count). The van der Waals surface area contributed by atoms with Gasteiger partial charge >= 0.3 is 5.97 Å². The van der Waals surface area contributed by atoms with Crippen LogP contribution in [0.15, 0.2) is 66.7 Å². The van der Waals surface area contributed by atoms with Gasteiger partial charge in [0.2, 0.25) is 11.8 Å². The lowest BCUT2D eigenvalue weighted by Gasteiger charge is -2.48. The van der Waals surface area contributed by atoms with E-state index in [1.807, 2.05) is 30.3 Å². The van der Waals surface area contributed by atoms with E-state index in [9.17, 15) is 18.9 Å². The molecule has 0 unspecified atom stereocenters. The predicted molar refractivity (Wildman–Crippen MR) is 124 cm³/mol. The second-order valence-corrected chi connectivity index (χ2v) is 8.35. The summed E-state index contributed by atoms with van der Waals surface area (Å²) in [6.45, 7) is 5.42. The molecule has 0 saturated carbocycles. The minimum atomic E-state index is -1.08. The second kappa shape index (κ2) is 11.0. The fraction of sp³-hybridized carbons (Fsp3) is 0.292. The molecule has 1 fully saturated rings. The number of esters is 1. The monoisotopic (exact) mass is 470 g/mol. The number of carbonyl (C=O) groups excluding carboxylic acids is 3. The van der Waals surface area contributed by atoms with Gasteiger partial charge < -0.3 is 24.2 Å². The third-order valence-corrected chi connectivity index (χ3v) is 5.94. The molecule has 1 saturated heterocycles. The number of rotatable bonds is 10. The Balaban J connectivity index is 1.63. The first-order chi connectivity index (χ1) is 15.8. The Hall–Kier alpha value is -3.30. The van der Waals surface area contributed by atoms with Crippen LogP contribution in [0.2, 0.25) is 0 Å². The van der Waals surface area contributed by atoms with Gasteiger partial charge in [-0.3, -0.25) is 9.59 Å². The van der Waals surface area contributed by atoms with Gasteiger partial charge in [0.1, 0.15) is 23.8 Å². The molecule has 2 amide bonds. The average Bonchev–Trinajstić information content (AvgIpc) is 2.82. The van der Waals surface area contributed by atoms with E-state index < -0.39 is 29.3 Å². The van der Waals surface area contributed by atoms with Crippen LogP contribution < -0.4 is 10.1 Å². The lowest BCUT2D eigenvalue weighted by Crippen LogP contribution is -2.73. The van der Waals surface area contributed by atoms with Crippen molar-refractivity contribution in [3.05, 3.63) is 77.9 Å². The van der Waals surface area contributed by atoms with Gasteiger partial charge in [-0.1, -0.05) is 49.0 Å². The molecule has 1 heterocycles. The van der Waals surface area contributed by atoms with E-state index in [-0.39, 0.29) is 18.9 Å². The summed E-state index contributed by atoms with van der Waals surface area (Å²) in [6.07, 6.45) is 0.0985. The van der Waals surface area contributed by atoms with Crippen LogP contribution >= 0.6 is 12.0 Å². The van der Waals surface area contributed by atoms with Gasteiger partial charge in [0.05, 0.1) is 13.5 Å². The third kappa shape index (κ3) is 5.74. The summed E-state index contributed by atoms with van der Waals surface area (Å²) in [5, 5.41) is 1.80. The fourth-order valence-corrected chi connectivity index (χ4v) is 4.15. The maximum atomic E-state index is 12.8. The topological polar surface area (TPSA) is 105 Å². The van der Waals surface area contributed by atoms with Gasteiger partial charge in [0.15, 0.2) is 6.04 Å². The first kappa shape index (κ1) is 24.3. The Morgan fingerprint density at radius 1 is 1.15 bits per heavy atom. The van der Waals surface area contributed by atoms with Crippen LogP contribution in [0.3, 0.4) is 0 Å². The SMILES string of the molecule is C=C(C)[C@H](C(=O)OCc1ccc(OC)cc1)N1C(=O)[C@@H](NC(=O)Cc2ccccc2)[C@H]1SO. The summed E-state index contributed by atoms with van der Waals surface area (Å²) >= 11 is 0.389. The zero-order valence-electron chi connectivity index (χ0n) is 18.4. The van der Waals surface area contributed by atoms with Crippen molar-refractivity contribution in [3.8, 4) is 5.75 Å². The number of ether oxygens (including phenoxy) is 2. The Labute approximate surface area is 196 Å². The van der Waals surface area contributed by atoms with Gasteiger partial charge in [-0.05, 0) is 35.8 Å². The molecule has 0 aliphatic carbocycles. The zero-order chi connectivity index (χ0) is 24.0. The highest BCUT2D eigenvalue weighted by Crippen LogP contribution is 2.33. The van der Waals surface area contributed by atoms with Crippen LogP contribution in [0.1, 0.15) is 18.1 Å². The van der Waals surface area contributed by atoms with Crippen molar-refractivity contribution in [2.75, 3.05) is 7.11 Å². The summed E-state index contributed by atoms with van der Waals surface area (Å²) in [6, 6.07) is 14.1. The van der Waals surface area contributed by atoms with Gasteiger partial charge in [-0.25, -0.2) is 4.79 Å². The Kier molecular flexibility index (Phi) is 8.13. The first-order valence-electron chi connectivity index (χ1n) is 10.3. The second-order valence-electron chi connectivity index (χ2n) is 7.65. The number of benzene rings is 2. The highest BCUT2D eigenvalue weighted by Gasteiger charge is 2.54. The molecule has 8 nitrogen and oxygen atoms in total. The molecule has 2 aromatic rings. The van der Waals surface area contributed by atoms with Gasteiger partial charge in [-0.15, -0.1) is 0 Å². The van der Waals surface area contributed by atoms with E-state index in [0.717, 1.165) is 11.1 Å². The van der Waals surface area contributed by atoms with Crippen LogP contribution in [0.5, 0.6) is 5.75 Å². The Bertz CT molecular complexity index is 1010. The minimum absolute atomic E-state index is 0.00279. The number of methoxy groups -OCH3 is 1. The molecule has 174 valence electrons. The van der Waals surface area contributed by atoms with E-state index in [0.29, 0.717) is 23.4 Å². The van der Waals surface area contributed by atoms with E-state index in [1.165, 1.54) is 4.90 Å². The summed E-state index contributed by atoms with van der Waals surface area (Å²) in [5.74, 6) is -0.830. The average molecular weight is 471 g/mol. The molecule has 0 bridgehead atoms. The van der Waals surface area contributed by atoms with E-state index in [4.69, 9.17) is 9.47 Å².